The van der Waals surface area contributed by atoms with E-state index >= 15 is 0 Å². The second-order valence-corrected chi connectivity index (χ2v) is 8.69. The van der Waals surface area contributed by atoms with Crippen LogP contribution in [0.1, 0.15) is 60.1 Å². The average Bonchev–Trinajstić information content (AvgIpc) is 3.40. The predicted octanol–water partition coefficient (Wildman–Crippen LogP) is 0.554. The molecule has 0 amide bonds. The fourth-order valence-electron chi connectivity index (χ4n) is 4.12. The number of halogens is 2. The maximum absolute atomic E-state index is 12.7. The van der Waals surface area contributed by atoms with Crippen molar-refractivity contribution in [3.05, 3.63) is 19.0 Å². The molecule has 4 heterocycles. The van der Waals surface area contributed by atoms with Gasteiger partial charge in [-0.2, -0.15) is 9.97 Å². The van der Waals surface area contributed by atoms with Gasteiger partial charge >= 0.3 is 23.1 Å². The number of imidazole rings is 1. The molecule has 2 saturated heterocycles. The average molecular weight is 537 g/mol. The Hall–Kier alpha value is -1.19. The van der Waals surface area contributed by atoms with Crippen molar-refractivity contribution < 1.29 is 31.4 Å². The molecule has 0 saturated carbocycles. The van der Waals surface area contributed by atoms with Crippen molar-refractivity contribution >= 4 is 57.4 Å². The summed E-state index contributed by atoms with van der Waals surface area (Å²) in [6, 6.07) is 0.230. The summed E-state index contributed by atoms with van der Waals surface area (Å²) in [4.78, 5) is 26.0. The number of nitrogens with one attached hydrogen (secondary N) is 1. The Morgan fingerprint density at radius 2 is 1.89 bits per heavy atom. The summed E-state index contributed by atoms with van der Waals surface area (Å²) in [5.41, 5.74) is 1.06. The molecular weight excluding hydrogens is 505 g/mol. The van der Waals surface area contributed by atoms with Crippen molar-refractivity contribution in [1.29, 1.82) is 0 Å². The Bertz CT molecular complexity index is 1080. The van der Waals surface area contributed by atoms with E-state index in [-0.39, 0.29) is 60.0 Å². The van der Waals surface area contributed by atoms with Crippen molar-refractivity contribution in [2.75, 3.05) is 5.32 Å². The van der Waals surface area contributed by atoms with Gasteiger partial charge in [0.2, 0.25) is 11.1 Å². The minimum atomic E-state index is -0.872. The predicted molar refractivity (Wildman–Crippen MR) is 131 cm³/mol. The van der Waals surface area contributed by atoms with Crippen molar-refractivity contribution in [1.82, 2.24) is 19.5 Å². The van der Waals surface area contributed by atoms with Gasteiger partial charge in [-0.15, -0.1) is 0 Å². The first-order valence-electron chi connectivity index (χ1n) is 11.0. The van der Waals surface area contributed by atoms with Crippen LogP contribution in [-0.4, -0.2) is 78.5 Å². The van der Waals surface area contributed by atoms with Gasteiger partial charge in [0, 0.05) is 12.5 Å². The van der Waals surface area contributed by atoms with Crippen molar-refractivity contribution in [2.45, 2.75) is 90.2 Å². The second-order valence-electron chi connectivity index (χ2n) is 8.35. The summed E-state index contributed by atoms with van der Waals surface area (Å²) in [7, 11) is 0. The fraction of sp³-hybridized carbons (Fsp3) is 0.609. The van der Waals surface area contributed by atoms with Gasteiger partial charge in [-0.25, -0.2) is 4.98 Å². The van der Waals surface area contributed by atoms with E-state index in [2.05, 4.69) is 46.0 Å². The molecule has 2 aromatic heterocycles. The number of fused-ring (bicyclic) bond motifs is 2. The second kappa shape index (κ2) is 12.9. The number of hydrogen-bond donors (Lipinski definition) is 1. The summed E-state index contributed by atoms with van der Waals surface area (Å²) in [6.07, 6.45) is 1.35. The first kappa shape index (κ1) is 31.8. The van der Waals surface area contributed by atoms with E-state index < -0.39 is 30.3 Å². The number of hydrogen-bond acceptors (Lipinski definition) is 8. The summed E-state index contributed by atoms with van der Waals surface area (Å²) in [5, 5.41) is 3.49. The van der Waals surface area contributed by atoms with Gasteiger partial charge < -0.3 is 39.4 Å². The van der Waals surface area contributed by atoms with Crippen LogP contribution >= 0.6 is 11.6 Å². The standard InChI is InChI=1S/C22H28ClN5O4.CH3.ClH.Mg/c1-6-9-10-13(29)15-16-17(32-22(4,5)31-16)20(30-15)28-11-24-14-18(25-12(7-2)8-3)26-21(23)27-19(14)28;;;/h11-12,15-17,20H,6-8H2,1-5H3,(H,25,26,27);1H3;1H;/q;-1;;+2/p-1/t15-,16-,17-,20-;;;/m1.../s1. The molecular formula is C23H31Cl2MgN5O4. The first-order valence-corrected chi connectivity index (χ1v) is 11.4. The molecule has 0 aliphatic carbocycles. The van der Waals surface area contributed by atoms with Crippen LogP contribution in [0, 0.1) is 19.3 Å². The maximum Gasteiger partial charge on any atom is 2.00 e. The quantitative estimate of drug-likeness (QED) is 0.188. The van der Waals surface area contributed by atoms with Crippen LogP contribution in [0.2, 0.25) is 5.28 Å². The molecule has 0 unspecified atom stereocenters. The third-order valence-corrected chi connectivity index (χ3v) is 5.84. The first-order chi connectivity index (χ1) is 15.3. The smallest absolute Gasteiger partial charge is 1.00 e. The zero-order valence-corrected chi connectivity index (χ0v) is 23.9. The van der Waals surface area contributed by atoms with E-state index in [1.165, 1.54) is 0 Å². The van der Waals surface area contributed by atoms with Crippen LogP contribution in [0.4, 0.5) is 5.82 Å². The third-order valence-electron chi connectivity index (χ3n) is 5.67. The number of ketones is 1. The summed E-state index contributed by atoms with van der Waals surface area (Å²) in [6.45, 7) is 9.71. The van der Waals surface area contributed by atoms with Gasteiger partial charge in [-0.05, 0) is 44.2 Å². The monoisotopic (exact) mass is 535 g/mol. The number of carbonyl (C=O) groups excluding carboxylic acids is 1. The third kappa shape index (κ3) is 6.39. The zero-order chi connectivity index (χ0) is 23.0. The Morgan fingerprint density at radius 3 is 2.51 bits per heavy atom. The molecule has 1 N–H and O–H groups in total. The number of aromatic nitrogens is 4. The summed E-state index contributed by atoms with van der Waals surface area (Å²) >= 11 is 6.25. The Morgan fingerprint density at radius 1 is 1.23 bits per heavy atom. The molecule has 0 spiro atoms. The topological polar surface area (TPSA) is 100 Å². The van der Waals surface area contributed by atoms with Crippen molar-refractivity contribution in [3.8, 4) is 11.8 Å². The molecule has 2 aliphatic rings. The Labute approximate surface area is 234 Å². The van der Waals surface area contributed by atoms with E-state index in [1.54, 1.807) is 10.9 Å². The molecule has 188 valence electrons. The molecule has 2 aromatic rings. The van der Waals surface area contributed by atoms with Crippen LogP contribution < -0.4 is 17.7 Å². The molecule has 0 radical (unpaired) electrons. The molecule has 12 heteroatoms. The van der Waals surface area contributed by atoms with Crippen LogP contribution in [0.5, 0.6) is 0 Å². The van der Waals surface area contributed by atoms with Gasteiger partial charge in [0.15, 0.2) is 35.1 Å². The molecule has 35 heavy (non-hydrogen) atoms. The SMILES string of the molecule is CCC#CC(=O)[C@H]1O[C@@H](n2cnc3c(NC(CC)CC)nc(Cl)nc32)[C@@H]2OC(C)(C)O[C@@H]21.[CH3-].[Cl-].[Mg+2]. The molecule has 4 atom stereocenters. The van der Waals surface area contributed by atoms with Gasteiger partial charge in [-0.1, -0.05) is 26.7 Å². The van der Waals surface area contributed by atoms with E-state index in [1.807, 2.05) is 20.8 Å². The van der Waals surface area contributed by atoms with Crippen molar-refractivity contribution in [3.63, 3.8) is 0 Å². The van der Waals surface area contributed by atoms with Gasteiger partial charge in [0.05, 0.1) is 6.33 Å². The van der Waals surface area contributed by atoms with E-state index in [0.29, 0.717) is 23.4 Å². The molecule has 9 nitrogen and oxygen atoms in total. The molecule has 2 aliphatic heterocycles. The number of nitrogens with zero attached hydrogens (tertiary/aromatic N) is 4. The van der Waals surface area contributed by atoms with Crippen LogP contribution in [-0.2, 0) is 19.0 Å². The van der Waals surface area contributed by atoms with Gasteiger partial charge in [0.25, 0.3) is 0 Å². The van der Waals surface area contributed by atoms with E-state index in [9.17, 15) is 4.79 Å². The maximum atomic E-state index is 12.7. The van der Waals surface area contributed by atoms with Crippen molar-refractivity contribution in [2.24, 2.45) is 0 Å². The van der Waals surface area contributed by atoms with Crippen LogP contribution in [0.25, 0.3) is 11.2 Å². The zero-order valence-electron chi connectivity index (χ0n) is 21.0. The van der Waals surface area contributed by atoms with Gasteiger partial charge in [-0.3, -0.25) is 9.36 Å². The Kier molecular flexibility index (Phi) is 11.7. The molecule has 2 fully saturated rings. The van der Waals surface area contributed by atoms with Gasteiger partial charge in [0.1, 0.15) is 12.2 Å². The fourth-order valence-corrected chi connectivity index (χ4v) is 4.29. The normalized spacial score (nSPS) is 24.0. The number of anilines is 1. The molecule has 4 rings (SSSR count). The van der Waals surface area contributed by atoms with Crippen LogP contribution in [0.15, 0.2) is 6.33 Å². The van der Waals surface area contributed by atoms with E-state index in [4.69, 9.17) is 25.8 Å². The van der Waals surface area contributed by atoms with E-state index in [0.717, 1.165) is 12.8 Å². The molecule has 0 aromatic carbocycles. The summed E-state index contributed by atoms with van der Waals surface area (Å²) in [5.74, 6) is 4.81. The number of carbonyl (C=O) groups is 1. The summed E-state index contributed by atoms with van der Waals surface area (Å²) < 4.78 is 20.0. The Balaban J connectivity index is 0.00000204. The minimum absolute atomic E-state index is 0. The number of Topliss-reactive ketones (excluding diaryl/α,β-unsaturated/α-hetero) is 1. The number of ether oxygens (including phenoxy) is 3. The largest absolute Gasteiger partial charge is 2.00 e. The number of rotatable bonds is 6. The minimum Gasteiger partial charge on any atom is -1.00 e. The molecule has 0 bridgehead atoms. The van der Waals surface area contributed by atoms with Crippen LogP contribution in [0.3, 0.4) is 0 Å².